The minimum Gasteiger partial charge on any atom is -0.249 e. The fraction of sp³-hybridized carbons (Fsp3) is 0. The minimum absolute atomic E-state index is 0.555. The molecule has 114 valence electrons. The van der Waals surface area contributed by atoms with E-state index < -0.39 is 33.3 Å². The summed E-state index contributed by atoms with van der Waals surface area (Å²) in [5, 5.41) is 0. The number of halogens is 2. The van der Waals surface area contributed by atoms with Crippen LogP contribution in [0.1, 0.15) is 0 Å². The summed E-state index contributed by atoms with van der Waals surface area (Å²) in [5.74, 6) is -1.21. The predicted molar refractivity (Wildman–Crippen MR) is 86.1 cm³/mol. The van der Waals surface area contributed by atoms with E-state index in [0.29, 0.717) is 14.7 Å². The van der Waals surface area contributed by atoms with Gasteiger partial charge in [0.1, 0.15) is 22.5 Å². The van der Waals surface area contributed by atoms with Crippen LogP contribution < -0.4 is 0 Å². The highest BCUT2D eigenvalue weighted by Crippen LogP contribution is 2.43. The van der Waals surface area contributed by atoms with Crippen molar-refractivity contribution in [3.05, 3.63) is 78.4 Å². The molecule has 0 aromatic heterocycles. The Morgan fingerprint density at radius 1 is 0.739 bits per heavy atom. The monoisotopic (exact) mass is 345 g/mol. The molecule has 3 aromatic carbocycles. The molecule has 23 heavy (non-hydrogen) atoms. The van der Waals surface area contributed by atoms with Crippen molar-refractivity contribution >= 4 is 21.7 Å². The van der Waals surface area contributed by atoms with Gasteiger partial charge in [0.25, 0.3) is 0 Å². The molecule has 0 unspecified atom stereocenters. The average molecular weight is 345 g/mol. The Hall–Kier alpha value is -1.98. The topological polar surface area (TPSA) is 17.1 Å². The third-order valence-corrected chi connectivity index (χ3v) is 7.68. The molecule has 1 aliphatic heterocycles. The van der Waals surface area contributed by atoms with Gasteiger partial charge in [-0.05, 0) is 24.3 Å². The van der Waals surface area contributed by atoms with Crippen molar-refractivity contribution in [1.29, 1.82) is 0 Å². The summed E-state index contributed by atoms with van der Waals surface area (Å²) < 4.78 is 40.2. The molecule has 0 spiro atoms. The average Bonchev–Trinajstić information content (AvgIpc) is 2.54. The van der Waals surface area contributed by atoms with Gasteiger partial charge >= 0.3 is 0 Å². The van der Waals surface area contributed by atoms with Crippen molar-refractivity contribution in [3.8, 4) is 0 Å². The molecule has 1 heterocycles. The van der Waals surface area contributed by atoms with Gasteiger partial charge in [0.2, 0.25) is 0 Å². The van der Waals surface area contributed by atoms with Crippen LogP contribution in [0, 0.1) is 11.6 Å². The lowest BCUT2D eigenvalue weighted by molar-refractivity contribution is 0.577. The van der Waals surface area contributed by atoms with Gasteiger partial charge in [0, 0.05) is 18.2 Å². The van der Waals surface area contributed by atoms with Crippen LogP contribution in [0.25, 0.3) is 0 Å². The predicted octanol–water partition coefficient (Wildman–Crippen LogP) is 4.54. The highest BCUT2D eigenvalue weighted by molar-refractivity contribution is 7.99. The van der Waals surface area contributed by atoms with Gasteiger partial charge in [-0.1, -0.05) is 24.3 Å². The Morgan fingerprint density at radius 2 is 1.22 bits per heavy atom. The smallest absolute Gasteiger partial charge is 0.183 e. The van der Waals surface area contributed by atoms with Crippen LogP contribution in [-0.4, -0.2) is 4.21 Å². The molecule has 1 aliphatic rings. The zero-order chi connectivity index (χ0) is 16.0. The van der Waals surface area contributed by atoms with E-state index in [2.05, 4.69) is 0 Å². The zero-order valence-corrected chi connectivity index (χ0v) is 13.5. The maximum Gasteiger partial charge on any atom is 0.183 e. The van der Waals surface area contributed by atoms with E-state index in [4.69, 9.17) is 0 Å². The first-order valence-electron chi connectivity index (χ1n) is 6.95. The van der Waals surface area contributed by atoms with Crippen molar-refractivity contribution in [2.75, 3.05) is 0 Å². The molecule has 0 atom stereocenters. The number of hydrogen-bond acceptors (Lipinski definition) is 1. The minimum atomic E-state index is -1.28. The standard InChI is InChI=1S/C18H11F2OS2/c19-12-9-13(20)11-14(10-12)22-15-5-1-3-7-17(15)23(21)18-8-4-2-6-16(18)22/h1-11H/q+1. The van der Waals surface area contributed by atoms with Gasteiger partial charge in [-0.25, -0.2) is 13.0 Å². The second-order valence-electron chi connectivity index (χ2n) is 5.07. The summed E-state index contributed by atoms with van der Waals surface area (Å²) in [7, 11) is -1.95. The van der Waals surface area contributed by atoms with Gasteiger partial charge in [0.15, 0.2) is 14.7 Å². The van der Waals surface area contributed by atoms with Gasteiger partial charge in [-0.3, -0.25) is 0 Å². The zero-order valence-electron chi connectivity index (χ0n) is 11.8. The second kappa shape index (κ2) is 5.58. The molecule has 3 aromatic rings. The van der Waals surface area contributed by atoms with E-state index in [9.17, 15) is 13.0 Å². The second-order valence-corrected chi connectivity index (χ2v) is 8.45. The van der Waals surface area contributed by atoms with E-state index in [1.54, 1.807) is 0 Å². The highest BCUT2D eigenvalue weighted by Gasteiger charge is 2.41. The lowest BCUT2D eigenvalue weighted by Gasteiger charge is -2.18. The van der Waals surface area contributed by atoms with Crippen LogP contribution in [0.3, 0.4) is 0 Å². The van der Waals surface area contributed by atoms with E-state index in [-0.39, 0.29) is 0 Å². The first-order chi connectivity index (χ1) is 11.1. The van der Waals surface area contributed by atoms with Gasteiger partial charge < -0.3 is 0 Å². The Kier molecular flexibility index (Phi) is 3.54. The molecule has 4 rings (SSSR count). The molecule has 0 saturated carbocycles. The SMILES string of the molecule is O=S1c2ccccc2[S+](c2cc(F)cc(F)c2)c2ccccc21. The molecule has 0 saturated heterocycles. The lowest BCUT2D eigenvalue weighted by Crippen LogP contribution is -2.17. The van der Waals surface area contributed by atoms with Crippen molar-refractivity contribution in [2.45, 2.75) is 24.5 Å². The molecular weight excluding hydrogens is 334 g/mol. The first-order valence-corrected chi connectivity index (χ1v) is 9.33. The Morgan fingerprint density at radius 3 is 1.74 bits per heavy atom. The summed E-state index contributed by atoms with van der Waals surface area (Å²) in [4.78, 5) is 3.68. The molecule has 0 amide bonds. The van der Waals surface area contributed by atoms with E-state index in [1.165, 1.54) is 12.1 Å². The maximum absolute atomic E-state index is 13.7. The van der Waals surface area contributed by atoms with Crippen molar-refractivity contribution < 1.29 is 13.0 Å². The molecule has 0 bridgehead atoms. The molecule has 0 radical (unpaired) electrons. The quantitative estimate of drug-likeness (QED) is 0.463. The fourth-order valence-electron chi connectivity index (χ4n) is 2.68. The largest absolute Gasteiger partial charge is 0.249 e. The van der Waals surface area contributed by atoms with Crippen LogP contribution in [0.2, 0.25) is 0 Å². The molecule has 1 nitrogen and oxygen atoms in total. The van der Waals surface area contributed by atoms with Crippen molar-refractivity contribution in [3.63, 3.8) is 0 Å². The van der Waals surface area contributed by atoms with Gasteiger partial charge in [0.05, 0.1) is 20.6 Å². The molecule has 5 heteroatoms. The Balaban J connectivity index is 2.03. The van der Waals surface area contributed by atoms with E-state index in [0.717, 1.165) is 15.9 Å². The van der Waals surface area contributed by atoms with E-state index in [1.807, 2.05) is 48.5 Å². The summed E-state index contributed by atoms with van der Waals surface area (Å²) in [6.07, 6.45) is 0. The van der Waals surface area contributed by atoms with Gasteiger partial charge in [-0.15, -0.1) is 0 Å². The summed E-state index contributed by atoms with van der Waals surface area (Å²) in [6, 6.07) is 18.4. The summed E-state index contributed by atoms with van der Waals surface area (Å²) in [6.45, 7) is 0. The Bertz CT molecular complexity index is 870. The van der Waals surface area contributed by atoms with Crippen LogP contribution in [0.15, 0.2) is 91.2 Å². The summed E-state index contributed by atoms with van der Waals surface area (Å²) in [5.41, 5.74) is 0. The number of rotatable bonds is 1. The fourth-order valence-corrected chi connectivity index (χ4v) is 6.95. The third-order valence-electron chi connectivity index (χ3n) is 3.61. The maximum atomic E-state index is 13.7. The number of benzene rings is 3. The number of hydrogen-bond donors (Lipinski definition) is 0. The van der Waals surface area contributed by atoms with E-state index >= 15 is 0 Å². The molecule has 0 aliphatic carbocycles. The first kappa shape index (κ1) is 14.6. The summed E-state index contributed by atoms with van der Waals surface area (Å²) >= 11 is 0. The van der Waals surface area contributed by atoms with Crippen molar-refractivity contribution in [1.82, 2.24) is 0 Å². The van der Waals surface area contributed by atoms with Crippen LogP contribution in [-0.2, 0) is 21.7 Å². The van der Waals surface area contributed by atoms with Crippen LogP contribution >= 0.6 is 0 Å². The third kappa shape index (κ3) is 2.40. The molecule has 0 N–H and O–H groups in total. The van der Waals surface area contributed by atoms with Gasteiger partial charge in [-0.2, -0.15) is 0 Å². The lowest BCUT2D eigenvalue weighted by atomic mass is 10.3. The Labute approximate surface area is 137 Å². The highest BCUT2D eigenvalue weighted by atomic mass is 32.2. The normalized spacial score (nSPS) is 19.0. The van der Waals surface area contributed by atoms with Crippen LogP contribution in [0.4, 0.5) is 8.78 Å². The molecular formula is C18H11F2OS2+. The van der Waals surface area contributed by atoms with Crippen molar-refractivity contribution in [2.24, 2.45) is 0 Å². The van der Waals surface area contributed by atoms with Crippen LogP contribution in [0.5, 0.6) is 0 Å². The number of fused-ring (bicyclic) bond motifs is 2. The molecule has 0 fully saturated rings.